The van der Waals surface area contributed by atoms with E-state index in [9.17, 15) is 13.2 Å². The van der Waals surface area contributed by atoms with Crippen LogP contribution in [-0.2, 0) is 32.5 Å². The number of sulfonamides is 1. The van der Waals surface area contributed by atoms with Gasteiger partial charge < -0.3 is 19.1 Å². The van der Waals surface area contributed by atoms with E-state index < -0.39 is 10.0 Å². The van der Waals surface area contributed by atoms with Gasteiger partial charge in [-0.3, -0.25) is 4.79 Å². The molecule has 0 bridgehead atoms. The summed E-state index contributed by atoms with van der Waals surface area (Å²) in [6.45, 7) is 1.14. The number of carbonyl (C=O) groups is 1. The van der Waals surface area contributed by atoms with Gasteiger partial charge in [-0.2, -0.15) is 4.31 Å². The Balaban J connectivity index is 2.12. The summed E-state index contributed by atoms with van der Waals surface area (Å²) in [7, 11) is 1.16. The van der Waals surface area contributed by atoms with Crippen molar-refractivity contribution in [3.8, 4) is 11.5 Å². The predicted octanol–water partition coefficient (Wildman–Crippen LogP) is 0.497. The van der Waals surface area contributed by atoms with Crippen LogP contribution in [0.2, 0.25) is 0 Å². The van der Waals surface area contributed by atoms with Gasteiger partial charge in [0.2, 0.25) is 15.9 Å². The van der Waals surface area contributed by atoms with Crippen molar-refractivity contribution < 1.29 is 27.4 Å². The van der Waals surface area contributed by atoms with Gasteiger partial charge in [-0.05, 0) is 29.7 Å². The first kappa shape index (κ1) is 20.5. The summed E-state index contributed by atoms with van der Waals surface area (Å²) in [5.74, 6) is 1.04. The van der Waals surface area contributed by atoms with Gasteiger partial charge in [0.1, 0.15) is 0 Å². The Labute approximate surface area is 154 Å². The van der Waals surface area contributed by atoms with E-state index in [-0.39, 0.29) is 25.6 Å². The third-order valence-electron chi connectivity index (χ3n) is 4.40. The Hall–Kier alpha value is -1.84. The number of nitrogens with zero attached hydrogens (tertiary/aromatic N) is 2. The van der Waals surface area contributed by atoms with Crippen molar-refractivity contribution in [1.29, 1.82) is 0 Å². The van der Waals surface area contributed by atoms with Crippen molar-refractivity contribution in [2.24, 2.45) is 0 Å². The van der Waals surface area contributed by atoms with E-state index in [0.717, 1.165) is 21.7 Å². The molecule has 8 nitrogen and oxygen atoms in total. The molecule has 0 saturated carbocycles. The molecule has 1 aromatic rings. The smallest absolute Gasteiger partial charge is 0.238 e. The average molecular weight is 386 g/mol. The summed E-state index contributed by atoms with van der Waals surface area (Å²) in [4.78, 5) is 14.3. The van der Waals surface area contributed by atoms with Crippen LogP contribution in [0.15, 0.2) is 12.1 Å². The van der Waals surface area contributed by atoms with Crippen LogP contribution in [0.3, 0.4) is 0 Å². The summed E-state index contributed by atoms with van der Waals surface area (Å²) >= 11 is 0. The number of hydrogen-bond acceptors (Lipinski definition) is 6. The second-order valence-electron chi connectivity index (χ2n) is 6.13. The number of benzene rings is 1. The number of hydrogen-bond donors (Lipinski definition) is 0. The fourth-order valence-electron chi connectivity index (χ4n) is 2.90. The highest BCUT2D eigenvalue weighted by molar-refractivity contribution is 7.88. The topological polar surface area (TPSA) is 85.4 Å². The predicted molar refractivity (Wildman–Crippen MR) is 97.0 cm³/mol. The number of rotatable bonds is 8. The van der Waals surface area contributed by atoms with Gasteiger partial charge in [-0.1, -0.05) is 0 Å². The van der Waals surface area contributed by atoms with Crippen LogP contribution in [0.25, 0.3) is 0 Å². The number of fused-ring (bicyclic) bond motifs is 1. The summed E-state index contributed by atoms with van der Waals surface area (Å²) in [5.41, 5.74) is 2.08. The third kappa shape index (κ3) is 4.87. The van der Waals surface area contributed by atoms with Crippen molar-refractivity contribution >= 4 is 15.9 Å². The zero-order valence-electron chi connectivity index (χ0n) is 15.6. The van der Waals surface area contributed by atoms with Crippen molar-refractivity contribution in [3.63, 3.8) is 0 Å². The van der Waals surface area contributed by atoms with Crippen LogP contribution in [0.4, 0.5) is 0 Å². The Morgan fingerprint density at radius 3 is 2.31 bits per heavy atom. The first-order valence-electron chi connectivity index (χ1n) is 8.25. The Kier molecular flexibility index (Phi) is 6.85. The van der Waals surface area contributed by atoms with Crippen molar-refractivity contribution in [2.45, 2.75) is 13.0 Å². The lowest BCUT2D eigenvalue weighted by molar-refractivity contribution is -0.132. The molecule has 1 heterocycles. The minimum absolute atomic E-state index is 0.149. The van der Waals surface area contributed by atoms with Gasteiger partial charge in [0.25, 0.3) is 0 Å². The molecule has 0 spiro atoms. The molecular formula is C17H26N2O6S. The molecule has 2 rings (SSSR count). The van der Waals surface area contributed by atoms with E-state index in [4.69, 9.17) is 14.2 Å². The molecule has 1 aromatic carbocycles. The first-order valence-corrected chi connectivity index (χ1v) is 10.1. The quantitative estimate of drug-likeness (QED) is 0.647. The highest BCUT2D eigenvalue weighted by Crippen LogP contribution is 2.33. The average Bonchev–Trinajstić information content (AvgIpc) is 2.62. The van der Waals surface area contributed by atoms with E-state index in [1.54, 1.807) is 19.1 Å². The molecule has 26 heavy (non-hydrogen) atoms. The van der Waals surface area contributed by atoms with Crippen LogP contribution in [-0.4, -0.2) is 77.4 Å². The van der Waals surface area contributed by atoms with E-state index in [1.807, 2.05) is 12.1 Å². The number of methoxy groups -OCH3 is 3. The van der Waals surface area contributed by atoms with Crippen LogP contribution in [0, 0.1) is 0 Å². The maximum atomic E-state index is 12.6. The molecule has 1 aliphatic heterocycles. The van der Waals surface area contributed by atoms with Gasteiger partial charge in [0.15, 0.2) is 11.5 Å². The molecule has 0 atom stereocenters. The normalized spacial score (nSPS) is 14.3. The van der Waals surface area contributed by atoms with Crippen molar-refractivity contribution in [1.82, 2.24) is 9.21 Å². The summed E-state index contributed by atoms with van der Waals surface area (Å²) in [6.07, 6.45) is 1.77. The minimum atomic E-state index is -3.48. The number of ether oxygens (including phenoxy) is 3. The van der Waals surface area contributed by atoms with Crippen molar-refractivity contribution in [2.75, 3.05) is 53.8 Å². The molecule has 0 aromatic heterocycles. The maximum absolute atomic E-state index is 12.6. The Bertz CT molecular complexity index is 750. The zero-order valence-corrected chi connectivity index (χ0v) is 16.5. The first-order chi connectivity index (χ1) is 12.3. The molecule has 0 N–H and O–H groups in total. The second-order valence-corrected chi connectivity index (χ2v) is 8.11. The fourth-order valence-corrected chi connectivity index (χ4v) is 3.65. The molecule has 146 valence electrons. The summed E-state index contributed by atoms with van der Waals surface area (Å²) in [6, 6.07) is 3.80. The SMILES string of the molecule is COCCN(CC(=O)N1CCc2cc(OC)c(OC)cc2C1)S(C)(=O)=O. The maximum Gasteiger partial charge on any atom is 0.238 e. The molecule has 0 fully saturated rings. The summed E-state index contributed by atoms with van der Waals surface area (Å²) < 4.78 is 40.5. The molecule has 1 aliphatic rings. The van der Waals surface area contributed by atoms with E-state index in [2.05, 4.69) is 0 Å². The van der Waals surface area contributed by atoms with Gasteiger partial charge in [-0.15, -0.1) is 0 Å². The lowest BCUT2D eigenvalue weighted by Gasteiger charge is -2.31. The van der Waals surface area contributed by atoms with Gasteiger partial charge in [0, 0.05) is 26.7 Å². The molecule has 0 saturated heterocycles. The molecule has 9 heteroatoms. The molecular weight excluding hydrogens is 360 g/mol. The van der Waals surface area contributed by atoms with Gasteiger partial charge >= 0.3 is 0 Å². The zero-order chi connectivity index (χ0) is 19.3. The Morgan fingerprint density at radius 2 is 1.77 bits per heavy atom. The standard InChI is InChI=1S/C17H26N2O6S/c1-23-8-7-19(26(4,21)22)12-17(20)18-6-5-13-9-15(24-2)16(25-3)10-14(13)11-18/h9-10H,5-8,11-12H2,1-4H3. The fraction of sp³-hybridized carbons (Fsp3) is 0.588. The van der Waals surface area contributed by atoms with E-state index in [1.165, 1.54) is 7.11 Å². The number of carbonyl (C=O) groups excluding carboxylic acids is 1. The number of amides is 1. The second kappa shape index (κ2) is 8.70. The molecule has 1 amide bonds. The van der Waals surface area contributed by atoms with Crippen LogP contribution < -0.4 is 9.47 Å². The summed E-state index contributed by atoms with van der Waals surface area (Å²) in [5, 5.41) is 0. The van der Waals surface area contributed by atoms with Crippen LogP contribution in [0.1, 0.15) is 11.1 Å². The van der Waals surface area contributed by atoms with Crippen molar-refractivity contribution in [3.05, 3.63) is 23.3 Å². The van der Waals surface area contributed by atoms with Gasteiger partial charge in [0.05, 0.1) is 33.6 Å². The molecule has 0 unspecified atom stereocenters. The molecule has 0 aliphatic carbocycles. The van der Waals surface area contributed by atoms with Gasteiger partial charge in [-0.25, -0.2) is 8.42 Å². The highest BCUT2D eigenvalue weighted by Gasteiger charge is 2.26. The lowest BCUT2D eigenvalue weighted by atomic mass is 9.98. The van der Waals surface area contributed by atoms with E-state index >= 15 is 0 Å². The minimum Gasteiger partial charge on any atom is -0.493 e. The van der Waals surface area contributed by atoms with Crippen LogP contribution in [0.5, 0.6) is 11.5 Å². The molecule has 0 radical (unpaired) electrons. The monoisotopic (exact) mass is 386 g/mol. The third-order valence-corrected chi connectivity index (χ3v) is 5.65. The highest BCUT2D eigenvalue weighted by atomic mass is 32.2. The largest absolute Gasteiger partial charge is 0.493 e. The van der Waals surface area contributed by atoms with Crippen LogP contribution >= 0.6 is 0 Å². The van der Waals surface area contributed by atoms with E-state index in [0.29, 0.717) is 31.0 Å². The Morgan fingerprint density at radius 1 is 1.15 bits per heavy atom. The lowest BCUT2D eigenvalue weighted by Crippen LogP contribution is -2.45.